The van der Waals surface area contributed by atoms with Crippen LogP contribution in [0.5, 0.6) is 0 Å². The van der Waals surface area contributed by atoms with Crippen molar-refractivity contribution in [3.8, 4) is 0 Å². The highest BCUT2D eigenvalue weighted by Gasteiger charge is 2.43. The SMILES string of the molecule is CCNC(=NCc1ccc(S(=O)(=O)NC2CC2)cc1)N1CCC2(CCC2)C1.I. The Kier molecular flexibility index (Phi) is 6.92. The number of sulfonamides is 1. The standard InChI is InChI=1S/C20H30N4O2S.HI/c1-2-21-19(24-13-12-20(15-24)10-3-11-20)22-14-16-4-8-18(9-5-16)27(25,26)23-17-6-7-17;/h4-5,8-9,17,23H,2-3,6-7,10-15H2,1H3,(H,21,22);1H. The Hall–Kier alpha value is -0.870. The van der Waals surface area contributed by atoms with Gasteiger partial charge in [0.05, 0.1) is 11.4 Å². The van der Waals surface area contributed by atoms with E-state index in [-0.39, 0.29) is 30.0 Å². The topological polar surface area (TPSA) is 73.8 Å². The lowest BCUT2D eigenvalue weighted by Gasteiger charge is -2.38. The Labute approximate surface area is 185 Å². The van der Waals surface area contributed by atoms with Gasteiger partial charge in [0.15, 0.2) is 5.96 Å². The van der Waals surface area contributed by atoms with Crippen molar-refractivity contribution in [1.29, 1.82) is 0 Å². The van der Waals surface area contributed by atoms with Crippen LogP contribution in [0.25, 0.3) is 0 Å². The summed E-state index contributed by atoms with van der Waals surface area (Å²) in [6, 6.07) is 7.22. The van der Waals surface area contributed by atoms with Crippen molar-refractivity contribution in [2.45, 2.75) is 62.9 Å². The molecule has 0 atom stereocenters. The minimum atomic E-state index is -3.38. The molecule has 3 aliphatic rings. The number of hydrogen-bond acceptors (Lipinski definition) is 3. The van der Waals surface area contributed by atoms with Crippen molar-refractivity contribution in [2.75, 3.05) is 19.6 Å². The molecule has 0 bridgehead atoms. The van der Waals surface area contributed by atoms with E-state index in [9.17, 15) is 8.42 Å². The van der Waals surface area contributed by atoms with Crippen molar-refractivity contribution in [1.82, 2.24) is 14.9 Å². The van der Waals surface area contributed by atoms with Gasteiger partial charge in [0.25, 0.3) is 0 Å². The summed E-state index contributed by atoms with van der Waals surface area (Å²) in [5.41, 5.74) is 1.56. The maximum absolute atomic E-state index is 12.3. The summed E-state index contributed by atoms with van der Waals surface area (Å²) >= 11 is 0. The number of hydrogen-bond donors (Lipinski definition) is 2. The molecule has 2 N–H and O–H groups in total. The second kappa shape index (κ2) is 8.87. The van der Waals surface area contributed by atoms with Crippen LogP contribution in [-0.2, 0) is 16.6 Å². The number of halogens is 1. The molecule has 4 rings (SSSR count). The molecule has 1 spiro atoms. The second-order valence-corrected chi connectivity index (χ2v) is 9.95. The molecule has 0 radical (unpaired) electrons. The highest BCUT2D eigenvalue weighted by atomic mass is 127. The summed E-state index contributed by atoms with van der Waals surface area (Å²) in [7, 11) is -3.38. The van der Waals surface area contributed by atoms with Crippen LogP contribution in [0.4, 0.5) is 0 Å². The molecular weight excluding hydrogens is 487 g/mol. The molecular formula is C20H31IN4O2S. The molecule has 1 aromatic carbocycles. The van der Waals surface area contributed by atoms with E-state index in [0.717, 1.165) is 44.0 Å². The highest BCUT2D eigenvalue weighted by Crippen LogP contribution is 2.47. The average Bonchev–Trinajstić information content (AvgIpc) is 3.30. The maximum Gasteiger partial charge on any atom is 0.240 e. The van der Waals surface area contributed by atoms with Crippen molar-refractivity contribution < 1.29 is 8.42 Å². The minimum absolute atomic E-state index is 0. The van der Waals surface area contributed by atoms with Gasteiger partial charge in [0.1, 0.15) is 0 Å². The first-order valence-corrected chi connectivity index (χ1v) is 11.6. The van der Waals surface area contributed by atoms with Crippen LogP contribution < -0.4 is 10.0 Å². The molecule has 0 amide bonds. The van der Waals surface area contributed by atoms with Crippen LogP contribution >= 0.6 is 24.0 Å². The quantitative estimate of drug-likeness (QED) is 0.345. The average molecular weight is 518 g/mol. The predicted molar refractivity (Wildman–Crippen MR) is 122 cm³/mol. The van der Waals surface area contributed by atoms with Gasteiger partial charge in [-0.1, -0.05) is 18.6 Å². The molecule has 156 valence electrons. The molecule has 2 aliphatic carbocycles. The number of benzene rings is 1. The van der Waals surface area contributed by atoms with E-state index in [4.69, 9.17) is 4.99 Å². The van der Waals surface area contributed by atoms with Crippen molar-refractivity contribution in [3.05, 3.63) is 29.8 Å². The highest BCUT2D eigenvalue weighted by molar-refractivity contribution is 14.0. The smallest absolute Gasteiger partial charge is 0.240 e. The van der Waals surface area contributed by atoms with Crippen LogP contribution in [0.3, 0.4) is 0 Å². The van der Waals surface area contributed by atoms with E-state index >= 15 is 0 Å². The Morgan fingerprint density at radius 3 is 2.46 bits per heavy atom. The molecule has 0 unspecified atom stereocenters. The van der Waals surface area contributed by atoms with Gasteiger partial charge in [-0.15, -0.1) is 24.0 Å². The number of aliphatic imine (C=N–C) groups is 1. The van der Waals surface area contributed by atoms with Gasteiger partial charge in [-0.05, 0) is 62.1 Å². The minimum Gasteiger partial charge on any atom is -0.357 e. The first-order valence-electron chi connectivity index (χ1n) is 10.1. The number of nitrogens with one attached hydrogen (secondary N) is 2. The van der Waals surface area contributed by atoms with E-state index in [0.29, 0.717) is 16.9 Å². The van der Waals surface area contributed by atoms with E-state index in [1.165, 1.54) is 25.7 Å². The Balaban J connectivity index is 0.00000225. The fourth-order valence-corrected chi connectivity index (χ4v) is 5.36. The number of likely N-dealkylation sites (tertiary alicyclic amines) is 1. The molecule has 2 saturated carbocycles. The summed E-state index contributed by atoms with van der Waals surface area (Å²) in [5, 5.41) is 3.41. The third kappa shape index (κ3) is 4.99. The molecule has 1 aromatic rings. The molecule has 1 heterocycles. The molecule has 0 aromatic heterocycles. The Bertz CT molecular complexity index is 802. The fourth-order valence-electron chi connectivity index (χ4n) is 4.06. The van der Waals surface area contributed by atoms with Gasteiger partial charge in [0.2, 0.25) is 10.0 Å². The molecule has 6 nitrogen and oxygen atoms in total. The van der Waals surface area contributed by atoms with Gasteiger partial charge >= 0.3 is 0 Å². The van der Waals surface area contributed by atoms with Crippen LogP contribution in [0.1, 0.15) is 51.0 Å². The normalized spacial score (nSPS) is 21.3. The number of nitrogens with zero attached hydrogens (tertiary/aromatic N) is 2. The lowest BCUT2D eigenvalue weighted by atomic mass is 9.68. The lowest BCUT2D eigenvalue weighted by molar-refractivity contribution is 0.151. The van der Waals surface area contributed by atoms with Gasteiger partial charge in [0, 0.05) is 25.7 Å². The van der Waals surface area contributed by atoms with Crippen molar-refractivity contribution >= 4 is 40.0 Å². The van der Waals surface area contributed by atoms with Crippen LogP contribution in [0.15, 0.2) is 34.2 Å². The summed E-state index contributed by atoms with van der Waals surface area (Å²) in [4.78, 5) is 7.53. The summed E-state index contributed by atoms with van der Waals surface area (Å²) < 4.78 is 27.2. The first kappa shape index (κ1) is 21.8. The second-order valence-electron chi connectivity index (χ2n) is 8.23. The van der Waals surface area contributed by atoms with Crippen molar-refractivity contribution in [2.24, 2.45) is 10.4 Å². The largest absolute Gasteiger partial charge is 0.357 e. The zero-order chi connectivity index (χ0) is 18.9. The van der Waals surface area contributed by atoms with Gasteiger partial charge in [-0.3, -0.25) is 0 Å². The van der Waals surface area contributed by atoms with E-state index in [1.54, 1.807) is 12.1 Å². The summed E-state index contributed by atoms with van der Waals surface area (Å²) in [5.74, 6) is 0.980. The third-order valence-electron chi connectivity index (χ3n) is 6.03. The first-order chi connectivity index (χ1) is 13.0. The fraction of sp³-hybridized carbons (Fsp3) is 0.650. The monoisotopic (exact) mass is 518 g/mol. The molecule has 28 heavy (non-hydrogen) atoms. The maximum atomic E-state index is 12.3. The third-order valence-corrected chi connectivity index (χ3v) is 7.57. The Morgan fingerprint density at radius 2 is 1.93 bits per heavy atom. The molecule has 1 aliphatic heterocycles. The summed E-state index contributed by atoms with van der Waals surface area (Å²) in [6.07, 6.45) is 7.24. The Morgan fingerprint density at radius 1 is 1.21 bits per heavy atom. The zero-order valence-electron chi connectivity index (χ0n) is 16.5. The summed E-state index contributed by atoms with van der Waals surface area (Å²) in [6.45, 7) is 5.70. The number of rotatable bonds is 6. The zero-order valence-corrected chi connectivity index (χ0v) is 19.6. The molecule has 3 fully saturated rings. The molecule has 8 heteroatoms. The van der Waals surface area contributed by atoms with Crippen LogP contribution in [0.2, 0.25) is 0 Å². The lowest BCUT2D eigenvalue weighted by Crippen LogP contribution is -2.42. The van der Waals surface area contributed by atoms with E-state index in [2.05, 4.69) is 21.9 Å². The van der Waals surface area contributed by atoms with Crippen LogP contribution in [-0.4, -0.2) is 45.0 Å². The van der Waals surface area contributed by atoms with Crippen LogP contribution in [0, 0.1) is 5.41 Å². The van der Waals surface area contributed by atoms with Gasteiger partial charge in [-0.2, -0.15) is 0 Å². The van der Waals surface area contributed by atoms with Gasteiger partial charge < -0.3 is 10.2 Å². The van der Waals surface area contributed by atoms with Crippen molar-refractivity contribution in [3.63, 3.8) is 0 Å². The molecule has 1 saturated heterocycles. The predicted octanol–water partition coefficient (Wildman–Crippen LogP) is 3.09. The van der Waals surface area contributed by atoms with E-state index < -0.39 is 10.0 Å². The number of guanidine groups is 1. The van der Waals surface area contributed by atoms with Gasteiger partial charge in [-0.25, -0.2) is 18.1 Å². The van der Waals surface area contributed by atoms with E-state index in [1.807, 2.05) is 12.1 Å².